The lowest BCUT2D eigenvalue weighted by Crippen LogP contribution is -2.28. The predicted octanol–water partition coefficient (Wildman–Crippen LogP) is 1.10. The van der Waals surface area contributed by atoms with E-state index in [0.29, 0.717) is 12.5 Å². The van der Waals surface area contributed by atoms with Gasteiger partial charge in [-0.05, 0) is 5.92 Å². The van der Waals surface area contributed by atoms with Crippen molar-refractivity contribution >= 4 is 5.95 Å². The Labute approximate surface area is 113 Å². The van der Waals surface area contributed by atoms with Crippen molar-refractivity contribution in [2.45, 2.75) is 32.8 Å². The number of aromatic nitrogens is 3. The van der Waals surface area contributed by atoms with Crippen molar-refractivity contribution in [1.29, 1.82) is 0 Å². The van der Waals surface area contributed by atoms with Gasteiger partial charge in [0.15, 0.2) is 0 Å². The molecule has 1 aromatic rings. The van der Waals surface area contributed by atoms with Crippen molar-refractivity contribution in [1.82, 2.24) is 15.0 Å². The summed E-state index contributed by atoms with van der Waals surface area (Å²) in [4.78, 5) is 12.0. The van der Waals surface area contributed by atoms with Crippen LogP contribution in [0.3, 0.4) is 0 Å². The van der Waals surface area contributed by atoms with E-state index in [-0.39, 0.29) is 17.9 Å². The van der Waals surface area contributed by atoms with Crippen LogP contribution >= 0.6 is 0 Å². The SMILES string of the molecule is CCC(CC)C(O)CNc1nc(OC)nc(OC)n1. The second-order valence-corrected chi connectivity index (χ2v) is 4.16. The number of ether oxygens (including phenoxy) is 2. The quantitative estimate of drug-likeness (QED) is 0.731. The molecule has 0 spiro atoms. The van der Waals surface area contributed by atoms with Crippen LogP contribution in [0.25, 0.3) is 0 Å². The van der Waals surface area contributed by atoms with Gasteiger partial charge in [-0.2, -0.15) is 9.97 Å². The maximum absolute atomic E-state index is 10.0. The van der Waals surface area contributed by atoms with Crippen molar-refractivity contribution in [3.8, 4) is 12.0 Å². The molecule has 7 heteroatoms. The number of nitrogens with one attached hydrogen (secondary N) is 1. The molecule has 0 bridgehead atoms. The molecule has 0 saturated carbocycles. The molecule has 0 amide bonds. The summed E-state index contributed by atoms with van der Waals surface area (Å²) in [5.41, 5.74) is 0. The summed E-state index contributed by atoms with van der Waals surface area (Å²) >= 11 is 0. The van der Waals surface area contributed by atoms with Crippen LogP contribution in [0, 0.1) is 5.92 Å². The molecule has 7 nitrogen and oxygen atoms in total. The minimum Gasteiger partial charge on any atom is -0.467 e. The van der Waals surface area contributed by atoms with Gasteiger partial charge < -0.3 is 19.9 Å². The highest BCUT2D eigenvalue weighted by Crippen LogP contribution is 2.15. The van der Waals surface area contributed by atoms with Gasteiger partial charge in [0.1, 0.15) is 0 Å². The number of aliphatic hydroxyl groups is 1. The van der Waals surface area contributed by atoms with Crippen LogP contribution in [0.2, 0.25) is 0 Å². The van der Waals surface area contributed by atoms with E-state index in [1.165, 1.54) is 14.2 Å². The first-order chi connectivity index (χ1) is 9.14. The molecule has 0 aromatic carbocycles. The predicted molar refractivity (Wildman–Crippen MR) is 71.5 cm³/mol. The third kappa shape index (κ3) is 4.51. The zero-order valence-electron chi connectivity index (χ0n) is 11.9. The summed E-state index contributed by atoms with van der Waals surface area (Å²) in [7, 11) is 2.94. The summed E-state index contributed by atoms with van der Waals surface area (Å²) in [6.45, 7) is 4.50. The van der Waals surface area contributed by atoms with E-state index in [1.807, 2.05) is 0 Å². The van der Waals surface area contributed by atoms with Crippen LogP contribution in [0.4, 0.5) is 5.95 Å². The summed E-state index contributed by atoms with van der Waals surface area (Å²) in [5, 5.41) is 13.0. The number of aliphatic hydroxyl groups excluding tert-OH is 1. The maximum atomic E-state index is 10.0. The van der Waals surface area contributed by atoms with Gasteiger partial charge in [-0.1, -0.05) is 26.7 Å². The molecular formula is C12H22N4O3. The second kappa shape index (κ2) is 7.73. The fourth-order valence-corrected chi connectivity index (χ4v) is 1.79. The Morgan fingerprint density at radius 1 is 1.05 bits per heavy atom. The van der Waals surface area contributed by atoms with E-state index < -0.39 is 6.10 Å². The lowest BCUT2D eigenvalue weighted by Gasteiger charge is -2.20. The smallest absolute Gasteiger partial charge is 0.324 e. The van der Waals surface area contributed by atoms with Crippen LogP contribution in [0.5, 0.6) is 12.0 Å². The van der Waals surface area contributed by atoms with E-state index in [0.717, 1.165) is 12.8 Å². The highest BCUT2D eigenvalue weighted by molar-refractivity contribution is 5.27. The van der Waals surface area contributed by atoms with Crippen LogP contribution in [0.15, 0.2) is 0 Å². The molecule has 1 atom stereocenters. The van der Waals surface area contributed by atoms with Crippen LogP contribution in [-0.4, -0.2) is 46.9 Å². The minimum absolute atomic E-state index is 0.173. The fraction of sp³-hybridized carbons (Fsp3) is 0.750. The lowest BCUT2D eigenvalue weighted by atomic mass is 9.97. The molecule has 1 heterocycles. The molecule has 108 valence electrons. The van der Waals surface area contributed by atoms with Gasteiger partial charge in [0.25, 0.3) is 0 Å². The second-order valence-electron chi connectivity index (χ2n) is 4.16. The first-order valence-electron chi connectivity index (χ1n) is 6.40. The molecule has 1 unspecified atom stereocenters. The normalized spacial score (nSPS) is 12.3. The summed E-state index contributed by atoms with van der Waals surface area (Å²) in [6.07, 6.45) is 1.43. The van der Waals surface area contributed by atoms with E-state index in [1.54, 1.807) is 0 Å². The molecule has 0 aliphatic rings. The van der Waals surface area contributed by atoms with E-state index >= 15 is 0 Å². The Hall–Kier alpha value is -1.63. The standard InChI is InChI=1S/C12H22N4O3/c1-5-8(6-2)9(17)7-13-10-14-11(18-3)16-12(15-10)19-4/h8-9,17H,5-7H2,1-4H3,(H,13,14,15,16). The molecule has 1 rings (SSSR count). The number of rotatable bonds is 8. The van der Waals surface area contributed by atoms with E-state index in [4.69, 9.17) is 9.47 Å². The van der Waals surface area contributed by atoms with Gasteiger partial charge in [-0.3, -0.25) is 0 Å². The van der Waals surface area contributed by atoms with Crippen LogP contribution in [0.1, 0.15) is 26.7 Å². The molecule has 0 fully saturated rings. The molecule has 0 aliphatic heterocycles. The summed E-state index contributed by atoms with van der Waals surface area (Å²) in [6, 6.07) is 0.345. The zero-order chi connectivity index (χ0) is 14.3. The maximum Gasteiger partial charge on any atom is 0.324 e. The minimum atomic E-state index is -0.441. The summed E-state index contributed by atoms with van der Waals surface area (Å²) < 4.78 is 9.90. The zero-order valence-corrected chi connectivity index (χ0v) is 11.9. The molecule has 0 saturated heterocycles. The average Bonchev–Trinajstić information content (AvgIpc) is 2.45. The first-order valence-corrected chi connectivity index (χ1v) is 6.40. The van der Waals surface area contributed by atoms with Crippen molar-refractivity contribution < 1.29 is 14.6 Å². The first kappa shape index (κ1) is 15.4. The Bertz CT molecular complexity index is 363. The highest BCUT2D eigenvalue weighted by Gasteiger charge is 2.16. The molecule has 1 aromatic heterocycles. The largest absolute Gasteiger partial charge is 0.467 e. The molecule has 0 aliphatic carbocycles. The van der Waals surface area contributed by atoms with Crippen molar-refractivity contribution in [2.24, 2.45) is 5.92 Å². The number of nitrogens with zero attached hydrogens (tertiary/aromatic N) is 3. The molecular weight excluding hydrogens is 248 g/mol. The molecule has 0 radical (unpaired) electrons. The third-order valence-corrected chi connectivity index (χ3v) is 3.02. The van der Waals surface area contributed by atoms with Gasteiger partial charge in [0.2, 0.25) is 5.95 Å². The highest BCUT2D eigenvalue weighted by atomic mass is 16.5. The summed E-state index contributed by atoms with van der Waals surface area (Å²) in [5.74, 6) is 0.590. The van der Waals surface area contributed by atoms with Gasteiger partial charge in [0.05, 0.1) is 20.3 Å². The van der Waals surface area contributed by atoms with Crippen molar-refractivity contribution in [3.05, 3.63) is 0 Å². The number of methoxy groups -OCH3 is 2. The van der Waals surface area contributed by atoms with Gasteiger partial charge in [0, 0.05) is 6.54 Å². The topological polar surface area (TPSA) is 89.4 Å². The van der Waals surface area contributed by atoms with Crippen molar-refractivity contribution in [2.75, 3.05) is 26.1 Å². The van der Waals surface area contributed by atoms with Crippen molar-refractivity contribution in [3.63, 3.8) is 0 Å². The molecule has 19 heavy (non-hydrogen) atoms. The van der Waals surface area contributed by atoms with E-state index in [9.17, 15) is 5.11 Å². The van der Waals surface area contributed by atoms with Gasteiger partial charge in [-0.25, -0.2) is 0 Å². The monoisotopic (exact) mass is 270 g/mol. The number of hydrogen-bond acceptors (Lipinski definition) is 7. The number of hydrogen-bond donors (Lipinski definition) is 2. The molecule has 2 N–H and O–H groups in total. The fourth-order valence-electron chi connectivity index (χ4n) is 1.79. The van der Waals surface area contributed by atoms with E-state index in [2.05, 4.69) is 34.1 Å². The van der Waals surface area contributed by atoms with Gasteiger partial charge in [-0.15, -0.1) is 4.98 Å². The third-order valence-electron chi connectivity index (χ3n) is 3.02. The van der Waals surface area contributed by atoms with Gasteiger partial charge >= 0.3 is 12.0 Å². The average molecular weight is 270 g/mol. The Morgan fingerprint density at radius 2 is 1.58 bits per heavy atom. The van der Waals surface area contributed by atoms with Crippen LogP contribution in [-0.2, 0) is 0 Å². The van der Waals surface area contributed by atoms with Crippen LogP contribution < -0.4 is 14.8 Å². The lowest BCUT2D eigenvalue weighted by molar-refractivity contribution is 0.114. The Balaban J connectivity index is 2.66. The Morgan fingerprint density at radius 3 is 2.00 bits per heavy atom. The Kier molecular flexibility index (Phi) is 6.27. The number of anilines is 1.